The third kappa shape index (κ3) is 6.57. The second-order valence-corrected chi connectivity index (χ2v) is 6.45. The van der Waals surface area contributed by atoms with Crippen molar-refractivity contribution < 1.29 is 14.3 Å². The number of methoxy groups -OCH3 is 1. The topological polar surface area (TPSA) is 81.4 Å². The SMILES string of the molecule is COC(=O)C(NC(=O)C(CN)CC(C)(C)C)C(C)C. The number of hydrogen-bond donors (Lipinski definition) is 2. The number of esters is 1. The lowest BCUT2D eigenvalue weighted by Crippen LogP contribution is -2.48. The van der Waals surface area contributed by atoms with Crippen LogP contribution in [-0.2, 0) is 14.3 Å². The number of ether oxygens (including phenoxy) is 1. The van der Waals surface area contributed by atoms with Crippen molar-refractivity contribution in [2.75, 3.05) is 13.7 Å². The number of nitrogens with one attached hydrogen (secondary N) is 1. The maximum absolute atomic E-state index is 12.2. The fraction of sp³-hybridized carbons (Fsp3) is 0.857. The fourth-order valence-corrected chi connectivity index (χ4v) is 1.92. The molecule has 1 amide bonds. The fourth-order valence-electron chi connectivity index (χ4n) is 1.92. The average molecular weight is 272 g/mol. The molecule has 0 heterocycles. The highest BCUT2D eigenvalue weighted by Crippen LogP contribution is 2.24. The molecule has 0 saturated heterocycles. The molecule has 0 bridgehead atoms. The molecule has 0 fully saturated rings. The summed E-state index contributed by atoms with van der Waals surface area (Å²) in [6.07, 6.45) is 0.682. The van der Waals surface area contributed by atoms with Crippen LogP contribution < -0.4 is 11.1 Å². The minimum absolute atomic E-state index is 0.0139. The van der Waals surface area contributed by atoms with E-state index in [-0.39, 0.29) is 29.7 Å². The molecule has 0 saturated carbocycles. The maximum atomic E-state index is 12.2. The van der Waals surface area contributed by atoms with Crippen LogP contribution in [0.25, 0.3) is 0 Å². The number of nitrogens with two attached hydrogens (primary N) is 1. The smallest absolute Gasteiger partial charge is 0.328 e. The first-order chi connectivity index (χ1) is 8.62. The predicted octanol–water partition coefficient (Wildman–Crippen LogP) is 1.31. The van der Waals surface area contributed by atoms with Crippen molar-refractivity contribution in [3.63, 3.8) is 0 Å². The molecule has 5 heteroatoms. The zero-order valence-corrected chi connectivity index (χ0v) is 12.9. The molecular formula is C14H28N2O3. The van der Waals surface area contributed by atoms with Crippen molar-refractivity contribution in [1.29, 1.82) is 0 Å². The van der Waals surface area contributed by atoms with Gasteiger partial charge in [0.15, 0.2) is 0 Å². The Morgan fingerprint density at radius 3 is 2.11 bits per heavy atom. The van der Waals surface area contributed by atoms with Gasteiger partial charge in [0.05, 0.1) is 13.0 Å². The zero-order chi connectivity index (χ0) is 15.2. The molecule has 0 radical (unpaired) electrons. The van der Waals surface area contributed by atoms with E-state index < -0.39 is 12.0 Å². The normalized spacial score (nSPS) is 14.9. The van der Waals surface area contributed by atoms with E-state index in [0.717, 1.165) is 0 Å². The van der Waals surface area contributed by atoms with Gasteiger partial charge in [0.25, 0.3) is 0 Å². The summed E-state index contributed by atoms with van der Waals surface area (Å²) in [4.78, 5) is 23.8. The average Bonchev–Trinajstić information content (AvgIpc) is 2.30. The van der Waals surface area contributed by atoms with Crippen LogP contribution in [0.5, 0.6) is 0 Å². The van der Waals surface area contributed by atoms with Crippen LogP contribution in [0.3, 0.4) is 0 Å². The van der Waals surface area contributed by atoms with E-state index in [4.69, 9.17) is 10.5 Å². The Bertz CT molecular complexity index is 308. The number of carbonyl (C=O) groups excluding carboxylic acids is 2. The van der Waals surface area contributed by atoms with Gasteiger partial charge in [-0.05, 0) is 17.8 Å². The van der Waals surface area contributed by atoms with Gasteiger partial charge in [-0.1, -0.05) is 34.6 Å². The molecule has 2 unspecified atom stereocenters. The first-order valence-electron chi connectivity index (χ1n) is 6.70. The first kappa shape index (κ1) is 17.9. The lowest BCUT2D eigenvalue weighted by Gasteiger charge is -2.27. The second-order valence-electron chi connectivity index (χ2n) is 6.45. The van der Waals surface area contributed by atoms with E-state index in [1.165, 1.54) is 7.11 Å². The minimum Gasteiger partial charge on any atom is -0.467 e. The summed E-state index contributed by atoms with van der Waals surface area (Å²) in [5.41, 5.74) is 5.68. The van der Waals surface area contributed by atoms with E-state index in [9.17, 15) is 9.59 Å². The molecule has 0 aromatic heterocycles. The van der Waals surface area contributed by atoms with Crippen molar-refractivity contribution >= 4 is 11.9 Å². The van der Waals surface area contributed by atoms with Crippen molar-refractivity contribution in [1.82, 2.24) is 5.32 Å². The molecule has 0 aromatic carbocycles. The summed E-state index contributed by atoms with van der Waals surface area (Å²) in [7, 11) is 1.32. The van der Waals surface area contributed by atoms with E-state index in [2.05, 4.69) is 26.1 Å². The van der Waals surface area contributed by atoms with E-state index in [0.29, 0.717) is 6.42 Å². The van der Waals surface area contributed by atoms with Gasteiger partial charge in [0, 0.05) is 6.54 Å². The van der Waals surface area contributed by atoms with Gasteiger partial charge in [-0.2, -0.15) is 0 Å². The van der Waals surface area contributed by atoms with Crippen molar-refractivity contribution in [2.24, 2.45) is 23.0 Å². The van der Waals surface area contributed by atoms with Gasteiger partial charge in [-0.25, -0.2) is 4.79 Å². The van der Waals surface area contributed by atoms with Crippen LogP contribution in [0.15, 0.2) is 0 Å². The standard InChI is InChI=1S/C14H28N2O3/c1-9(2)11(13(18)19-6)16-12(17)10(8-15)7-14(3,4)5/h9-11H,7-8,15H2,1-6H3,(H,16,17). The van der Waals surface area contributed by atoms with Crippen LogP contribution >= 0.6 is 0 Å². The Balaban J connectivity index is 4.74. The molecule has 3 N–H and O–H groups in total. The van der Waals surface area contributed by atoms with Crippen LogP contribution in [0, 0.1) is 17.3 Å². The van der Waals surface area contributed by atoms with Gasteiger partial charge in [-0.15, -0.1) is 0 Å². The second kappa shape index (κ2) is 7.48. The summed E-state index contributed by atoms with van der Waals surface area (Å²) in [5, 5.41) is 2.75. The maximum Gasteiger partial charge on any atom is 0.328 e. The Labute approximate surface area is 116 Å². The Hall–Kier alpha value is -1.10. The van der Waals surface area contributed by atoms with Gasteiger partial charge in [0.1, 0.15) is 6.04 Å². The number of carbonyl (C=O) groups is 2. The predicted molar refractivity (Wildman–Crippen MR) is 75.4 cm³/mol. The van der Waals surface area contributed by atoms with Crippen LogP contribution in [0.4, 0.5) is 0 Å². The molecular weight excluding hydrogens is 244 g/mol. The lowest BCUT2D eigenvalue weighted by atomic mass is 9.84. The van der Waals surface area contributed by atoms with Crippen molar-refractivity contribution in [2.45, 2.75) is 47.1 Å². The van der Waals surface area contributed by atoms with Gasteiger partial charge in [-0.3, -0.25) is 4.79 Å². The number of amides is 1. The molecule has 0 spiro atoms. The van der Waals surface area contributed by atoms with Gasteiger partial charge >= 0.3 is 5.97 Å². The Kier molecular flexibility index (Phi) is 7.05. The molecule has 2 atom stereocenters. The summed E-state index contributed by atoms with van der Waals surface area (Å²) in [6, 6.07) is -0.619. The highest BCUT2D eigenvalue weighted by molar-refractivity contribution is 5.86. The van der Waals surface area contributed by atoms with Crippen LogP contribution in [-0.4, -0.2) is 31.6 Å². The third-order valence-electron chi connectivity index (χ3n) is 2.93. The lowest BCUT2D eigenvalue weighted by molar-refractivity contribution is -0.147. The molecule has 19 heavy (non-hydrogen) atoms. The molecule has 0 aliphatic carbocycles. The quantitative estimate of drug-likeness (QED) is 0.714. The molecule has 112 valence electrons. The van der Waals surface area contributed by atoms with Crippen LogP contribution in [0.1, 0.15) is 41.0 Å². The highest BCUT2D eigenvalue weighted by Gasteiger charge is 2.29. The van der Waals surface area contributed by atoms with Crippen molar-refractivity contribution in [3.05, 3.63) is 0 Å². The van der Waals surface area contributed by atoms with E-state index >= 15 is 0 Å². The number of hydrogen-bond acceptors (Lipinski definition) is 4. The van der Waals surface area contributed by atoms with E-state index in [1.807, 2.05) is 13.8 Å². The largest absolute Gasteiger partial charge is 0.467 e. The molecule has 0 aliphatic rings. The highest BCUT2D eigenvalue weighted by atomic mass is 16.5. The Morgan fingerprint density at radius 1 is 1.26 bits per heavy atom. The molecule has 0 aromatic rings. The molecule has 0 aliphatic heterocycles. The Morgan fingerprint density at radius 2 is 1.79 bits per heavy atom. The molecule has 0 rings (SSSR count). The third-order valence-corrected chi connectivity index (χ3v) is 2.93. The summed E-state index contributed by atoms with van der Waals surface area (Å²) < 4.78 is 4.70. The summed E-state index contributed by atoms with van der Waals surface area (Å²) in [5.74, 6) is -0.910. The minimum atomic E-state index is -0.619. The molecule has 5 nitrogen and oxygen atoms in total. The first-order valence-corrected chi connectivity index (χ1v) is 6.70. The van der Waals surface area contributed by atoms with E-state index in [1.54, 1.807) is 0 Å². The monoisotopic (exact) mass is 272 g/mol. The van der Waals surface area contributed by atoms with Crippen LogP contribution in [0.2, 0.25) is 0 Å². The van der Waals surface area contributed by atoms with Gasteiger partial charge < -0.3 is 15.8 Å². The zero-order valence-electron chi connectivity index (χ0n) is 12.9. The summed E-state index contributed by atoms with van der Waals surface area (Å²) >= 11 is 0. The van der Waals surface area contributed by atoms with Gasteiger partial charge in [0.2, 0.25) is 5.91 Å². The van der Waals surface area contributed by atoms with Crippen molar-refractivity contribution in [3.8, 4) is 0 Å². The number of rotatable bonds is 6. The summed E-state index contributed by atoms with van der Waals surface area (Å²) in [6.45, 7) is 10.2.